The van der Waals surface area contributed by atoms with E-state index < -0.39 is 33.7 Å². The third kappa shape index (κ3) is 20.8. The van der Waals surface area contributed by atoms with Crippen LogP contribution in [0, 0.1) is 11.8 Å². The van der Waals surface area contributed by atoms with Crippen molar-refractivity contribution in [2.24, 2.45) is 11.8 Å². The van der Waals surface area contributed by atoms with Gasteiger partial charge in [-0.15, -0.1) is 0 Å². The number of hydrogen-bond acceptors (Lipinski definition) is 9. The molecule has 2 N–H and O–H groups in total. The van der Waals surface area contributed by atoms with Gasteiger partial charge >= 0.3 is 41.5 Å². The first kappa shape index (κ1) is 37.3. The van der Waals surface area contributed by atoms with E-state index in [9.17, 15) is 22.6 Å². The van der Waals surface area contributed by atoms with Crippen LogP contribution in [-0.2, 0) is 29.2 Å². The molecule has 192 valence electrons. The summed E-state index contributed by atoms with van der Waals surface area (Å²) in [5.41, 5.74) is 0. The van der Waals surface area contributed by atoms with Crippen molar-refractivity contribution in [2.45, 2.75) is 90.7 Å². The average molecular weight is 507 g/mol. The Balaban J connectivity index is -0.00000165. The van der Waals surface area contributed by atoms with Crippen molar-refractivity contribution in [1.82, 2.24) is 0 Å². The quantitative estimate of drug-likeness (QED) is 0.155. The van der Waals surface area contributed by atoms with E-state index in [0.717, 1.165) is 51.4 Å². The summed E-state index contributed by atoms with van der Waals surface area (Å²) in [6, 6.07) is 0. The molecule has 0 aliphatic carbocycles. The Morgan fingerprint density at radius 1 is 0.848 bits per heavy atom. The third-order valence-electron chi connectivity index (χ3n) is 5.09. The van der Waals surface area contributed by atoms with Crippen LogP contribution >= 0.6 is 0 Å². The predicted molar refractivity (Wildman–Crippen MR) is 121 cm³/mol. The number of carbonyl (C=O) groups is 2. The molecular weight excluding hydrogens is 463 g/mol. The van der Waals surface area contributed by atoms with Crippen molar-refractivity contribution in [3.05, 3.63) is 0 Å². The Morgan fingerprint density at radius 3 is 1.61 bits per heavy atom. The summed E-state index contributed by atoms with van der Waals surface area (Å²) >= 11 is 0. The molecule has 33 heavy (non-hydrogen) atoms. The van der Waals surface area contributed by atoms with Gasteiger partial charge in [-0.2, -0.15) is 0 Å². The summed E-state index contributed by atoms with van der Waals surface area (Å²) in [5.74, 6) is -1.74. The minimum absolute atomic E-state index is 0. The molecule has 11 heteroatoms. The van der Waals surface area contributed by atoms with E-state index in [1.807, 2.05) is 13.8 Å². The number of aliphatic hydroxyl groups is 2. The normalized spacial score (nSPS) is 13.5. The summed E-state index contributed by atoms with van der Waals surface area (Å²) in [6.07, 6.45) is 6.58. The van der Waals surface area contributed by atoms with E-state index >= 15 is 0 Å². The van der Waals surface area contributed by atoms with Crippen molar-refractivity contribution < 1.29 is 71.8 Å². The number of aliphatic hydroxyl groups excluding tert-OH is 2. The maximum atomic E-state index is 12.1. The molecule has 0 heterocycles. The summed E-state index contributed by atoms with van der Waals surface area (Å²) in [4.78, 5) is 24.1. The van der Waals surface area contributed by atoms with E-state index in [-0.39, 0.29) is 67.8 Å². The number of esters is 2. The van der Waals surface area contributed by atoms with Gasteiger partial charge in [0.1, 0.15) is 10.1 Å². The topological polar surface area (TPSA) is 150 Å². The second-order valence-electron chi connectivity index (χ2n) is 7.78. The van der Waals surface area contributed by atoms with Crippen molar-refractivity contribution in [3.63, 3.8) is 0 Å². The maximum Gasteiger partial charge on any atom is 1.00 e. The second kappa shape index (κ2) is 23.5. The zero-order chi connectivity index (χ0) is 25.0. The zero-order valence-corrected chi connectivity index (χ0v) is 23.9. The van der Waals surface area contributed by atoms with Gasteiger partial charge in [0.05, 0.1) is 32.8 Å². The van der Waals surface area contributed by atoms with E-state index in [0.29, 0.717) is 0 Å². The molecule has 3 unspecified atom stereocenters. The molecule has 0 fully saturated rings. The standard InChI is InChI=1S/C20H38O7S.C2H6O2.Na/c1-5-9-11-16(7-3)14-26-19(21)13-18(28(23,24)25)20(22)27-15-17(8-4)12-10-6-2;3-1-2-4;/h16-18H,5-15H2,1-4H3,(H,23,24,25);3-4H,1-2H2;/q;;+1/p-1. The molecule has 9 nitrogen and oxygen atoms in total. The van der Waals surface area contributed by atoms with E-state index in [4.69, 9.17) is 19.7 Å². The van der Waals surface area contributed by atoms with Gasteiger partial charge in [-0.05, 0) is 24.7 Å². The molecule has 0 aromatic carbocycles. The van der Waals surface area contributed by atoms with Gasteiger partial charge in [0.15, 0.2) is 5.25 Å². The van der Waals surface area contributed by atoms with Crippen molar-refractivity contribution >= 4 is 22.1 Å². The predicted octanol–water partition coefficient (Wildman–Crippen LogP) is -0.215. The van der Waals surface area contributed by atoms with Crippen LogP contribution in [0.1, 0.15) is 85.5 Å². The van der Waals surface area contributed by atoms with Crippen molar-refractivity contribution in [3.8, 4) is 0 Å². The van der Waals surface area contributed by atoms with Gasteiger partial charge in [-0.1, -0.05) is 66.2 Å². The fourth-order valence-electron chi connectivity index (χ4n) is 2.81. The van der Waals surface area contributed by atoms with Crippen molar-refractivity contribution in [2.75, 3.05) is 26.4 Å². The molecule has 3 atom stereocenters. The Labute approximate surface area is 222 Å². The van der Waals surface area contributed by atoms with E-state index in [2.05, 4.69) is 13.8 Å². The first-order chi connectivity index (χ1) is 15.1. The Bertz CT molecular complexity index is 582. The zero-order valence-electron chi connectivity index (χ0n) is 21.1. The summed E-state index contributed by atoms with van der Waals surface area (Å²) < 4.78 is 44.6. The van der Waals surface area contributed by atoms with E-state index in [1.165, 1.54) is 0 Å². The van der Waals surface area contributed by atoms with Gasteiger partial charge < -0.3 is 24.2 Å². The van der Waals surface area contributed by atoms with Gasteiger partial charge in [0.2, 0.25) is 0 Å². The first-order valence-corrected chi connectivity index (χ1v) is 13.1. The molecule has 0 saturated carbocycles. The van der Waals surface area contributed by atoms with Crippen LogP contribution in [0.25, 0.3) is 0 Å². The summed E-state index contributed by atoms with van der Waals surface area (Å²) in [5, 5.41) is 13.2. The monoisotopic (exact) mass is 506 g/mol. The largest absolute Gasteiger partial charge is 1.00 e. The average Bonchev–Trinajstić information content (AvgIpc) is 2.76. The van der Waals surface area contributed by atoms with Gasteiger partial charge in [0, 0.05) is 0 Å². The van der Waals surface area contributed by atoms with E-state index in [1.54, 1.807) is 0 Å². The second-order valence-corrected chi connectivity index (χ2v) is 9.33. The third-order valence-corrected chi connectivity index (χ3v) is 6.15. The SMILES string of the molecule is CCCCC(CC)COC(=O)CC(C(=O)OCC(CC)CCCC)S(=O)(=O)[O-].OCCO.[Na+]. The van der Waals surface area contributed by atoms with Crippen molar-refractivity contribution in [1.29, 1.82) is 0 Å². The fraction of sp³-hybridized carbons (Fsp3) is 0.909. The maximum absolute atomic E-state index is 12.1. The molecule has 0 spiro atoms. The first-order valence-electron chi connectivity index (χ1n) is 11.6. The van der Waals surface area contributed by atoms with Crippen LogP contribution in [0.5, 0.6) is 0 Å². The minimum Gasteiger partial charge on any atom is -0.747 e. The number of hydrogen-bond donors (Lipinski definition) is 2. The van der Waals surface area contributed by atoms with Crippen LogP contribution < -0.4 is 29.6 Å². The molecular formula is C22H43NaO9S. The molecule has 0 aromatic rings. The molecule has 0 rings (SSSR count). The number of rotatable bonds is 17. The molecule has 0 aliphatic heterocycles. The molecule has 0 bridgehead atoms. The Hall–Kier alpha value is -0.230. The van der Waals surface area contributed by atoms with Crippen LogP contribution in [0.15, 0.2) is 0 Å². The van der Waals surface area contributed by atoms with Crippen LogP contribution in [0.4, 0.5) is 0 Å². The minimum atomic E-state index is -5.01. The van der Waals surface area contributed by atoms with Gasteiger partial charge in [-0.25, -0.2) is 8.42 Å². The summed E-state index contributed by atoms with van der Waals surface area (Å²) in [6.45, 7) is 8.01. The molecule has 0 radical (unpaired) electrons. The Kier molecular flexibility index (Phi) is 26.6. The van der Waals surface area contributed by atoms with Gasteiger partial charge in [0.25, 0.3) is 0 Å². The molecule has 0 aromatic heterocycles. The van der Waals surface area contributed by atoms with Gasteiger partial charge in [-0.3, -0.25) is 9.59 Å². The number of ether oxygens (including phenoxy) is 2. The number of carbonyl (C=O) groups excluding carboxylic acids is 2. The van der Waals surface area contributed by atoms with Crippen LogP contribution in [0.3, 0.4) is 0 Å². The van der Waals surface area contributed by atoms with Crippen LogP contribution in [-0.4, -0.2) is 66.8 Å². The summed E-state index contributed by atoms with van der Waals surface area (Å²) in [7, 11) is -5.01. The number of unbranched alkanes of at least 4 members (excludes halogenated alkanes) is 2. The smallest absolute Gasteiger partial charge is 0.747 e. The molecule has 0 saturated heterocycles. The van der Waals surface area contributed by atoms with Crippen LogP contribution in [0.2, 0.25) is 0 Å². The fourth-order valence-corrected chi connectivity index (χ4v) is 3.46. The molecule has 0 amide bonds. The Morgan fingerprint density at radius 2 is 1.27 bits per heavy atom. The molecule has 0 aliphatic rings.